The second-order valence-corrected chi connectivity index (χ2v) is 7.51. The number of rotatable bonds is 9. The van der Waals surface area contributed by atoms with Crippen LogP contribution in [0.25, 0.3) is 0 Å². The van der Waals surface area contributed by atoms with Gasteiger partial charge in [0.1, 0.15) is 0 Å². The van der Waals surface area contributed by atoms with E-state index in [9.17, 15) is 0 Å². The van der Waals surface area contributed by atoms with Crippen LogP contribution in [0, 0.1) is 17.8 Å². The summed E-state index contributed by atoms with van der Waals surface area (Å²) in [7, 11) is 0. The molecule has 1 N–H and O–H groups in total. The zero-order valence-electron chi connectivity index (χ0n) is 13.3. The third kappa shape index (κ3) is 6.29. The van der Waals surface area contributed by atoms with E-state index < -0.39 is 0 Å². The molecule has 2 atom stereocenters. The molecule has 2 fully saturated rings. The normalized spacial score (nSPS) is 27.9. The number of unbranched alkanes of at least 4 members (excludes halogenated alkanes) is 3. The summed E-state index contributed by atoms with van der Waals surface area (Å²) in [6, 6.07) is 0.856. The first-order chi connectivity index (χ1) is 9.25. The van der Waals surface area contributed by atoms with Crippen LogP contribution in [0.1, 0.15) is 84.5 Å². The number of hydrogen-bond donors (Lipinski definition) is 1. The molecule has 2 aliphatic carbocycles. The fraction of sp³-hybridized carbons (Fsp3) is 1.00. The van der Waals surface area contributed by atoms with Crippen LogP contribution in [-0.2, 0) is 0 Å². The third-order valence-electron chi connectivity index (χ3n) is 5.14. The van der Waals surface area contributed by atoms with Gasteiger partial charge in [0.2, 0.25) is 0 Å². The Hall–Kier alpha value is -0.0400. The molecular formula is C18H35N. The van der Waals surface area contributed by atoms with E-state index in [4.69, 9.17) is 0 Å². The highest BCUT2D eigenvalue weighted by molar-refractivity contribution is 4.87. The van der Waals surface area contributed by atoms with Crippen LogP contribution in [0.2, 0.25) is 0 Å². The summed E-state index contributed by atoms with van der Waals surface area (Å²) < 4.78 is 0. The third-order valence-corrected chi connectivity index (χ3v) is 5.14. The van der Waals surface area contributed by atoms with E-state index in [0.29, 0.717) is 0 Å². The maximum atomic E-state index is 3.83. The summed E-state index contributed by atoms with van der Waals surface area (Å²) in [4.78, 5) is 0. The Morgan fingerprint density at radius 1 is 0.895 bits per heavy atom. The molecule has 1 nitrogen and oxygen atoms in total. The minimum absolute atomic E-state index is 0.856. The average Bonchev–Trinajstić information content (AvgIpc) is 3.22. The summed E-state index contributed by atoms with van der Waals surface area (Å²) in [5, 5.41) is 3.83. The lowest BCUT2D eigenvalue weighted by molar-refractivity contribution is 0.260. The number of hydrogen-bond acceptors (Lipinski definition) is 1. The largest absolute Gasteiger partial charge is 0.314 e. The van der Waals surface area contributed by atoms with Crippen LogP contribution in [0.5, 0.6) is 0 Å². The molecule has 1 heteroatoms. The van der Waals surface area contributed by atoms with E-state index in [0.717, 1.165) is 23.8 Å². The maximum absolute atomic E-state index is 3.83. The van der Waals surface area contributed by atoms with Crippen LogP contribution in [0.3, 0.4) is 0 Å². The highest BCUT2D eigenvalue weighted by Gasteiger charge is 2.34. The minimum Gasteiger partial charge on any atom is -0.314 e. The molecule has 0 aliphatic heterocycles. The molecule has 19 heavy (non-hydrogen) atoms. The Labute approximate surface area is 120 Å². The van der Waals surface area contributed by atoms with Crippen molar-refractivity contribution >= 4 is 0 Å². The molecule has 112 valence electrons. The predicted octanol–water partition coefficient (Wildman–Crippen LogP) is 5.15. The van der Waals surface area contributed by atoms with Crippen molar-refractivity contribution in [3.8, 4) is 0 Å². The topological polar surface area (TPSA) is 12.0 Å². The minimum atomic E-state index is 0.856. The van der Waals surface area contributed by atoms with Crippen molar-refractivity contribution in [1.29, 1.82) is 0 Å². The summed E-state index contributed by atoms with van der Waals surface area (Å²) in [5.41, 5.74) is 0. The summed E-state index contributed by atoms with van der Waals surface area (Å²) in [6.45, 7) is 5.94. The molecule has 2 aliphatic rings. The molecule has 0 radical (unpaired) electrons. The Bertz CT molecular complexity index is 232. The highest BCUT2D eigenvalue weighted by atomic mass is 14.9. The Kier molecular flexibility index (Phi) is 6.70. The molecule has 0 aromatic rings. The fourth-order valence-electron chi connectivity index (χ4n) is 3.75. The molecule has 2 rings (SSSR count). The summed E-state index contributed by atoms with van der Waals surface area (Å²) in [5.74, 6) is 3.10. The Balaban J connectivity index is 1.44. The van der Waals surface area contributed by atoms with E-state index in [1.165, 1.54) is 77.2 Å². The van der Waals surface area contributed by atoms with Crippen LogP contribution >= 0.6 is 0 Å². The van der Waals surface area contributed by atoms with E-state index in [-0.39, 0.29) is 0 Å². The Morgan fingerprint density at radius 2 is 1.68 bits per heavy atom. The van der Waals surface area contributed by atoms with Crippen molar-refractivity contribution in [3.05, 3.63) is 0 Å². The van der Waals surface area contributed by atoms with E-state index in [1.54, 1.807) is 0 Å². The van der Waals surface area contributed by atoms with Gasteiger partial charge in [-0.1, -0.05) is 52.4 Å². The lowest BCUT2D eigenvalue weighted by Gasteiger charge is -2.30. The van der Waals surface area contributed by atoms with Crippen LogP contribution in [-0.4, -0.2) is 12.6 Å². The van der Waals surface area contributed by atoms with Gasteiger partial charge in [-0.3, -0.25) is 0 Å². The van der Waals surface area contributed by atoms with Crippen molar-refractivity contribution in [1.82, 2.24) is 5.32 Å². The van der Waals surface area contributed by atoms with Gasteiger partial charge in [-0.05, 0) is 56.4 Å². The van der Waals surface area contributed by atoms with E-state index in [2.05, 4.69) is 19.2 Å². The zero-order chi connectivity index (χ0) is 13.5. The SMILES string of the molecule is CC(C)CCCCCCNC1CCCC(C2CC2)C1. The second kappa shape index (κ2) is 8.29. The molecule has 0 amide bonds. The monoisotopic (exact) mass is 265 g/mol. The van der Waals surface area contributed by atoms with Gasteiger partial charge < -0.3 is 5.32 Å². The van der Waals surface area contributed by atoms with Crippen molar-refractivity contribution in [2.75, 3.05) is 6.54 Å². The first kappa shape index (κ1) is 15.4. The van der Waals surface area contributed by atoms with Gasteiger partial charge in [0.05, 0.1) is 0 Å². The van der Waals surface area contributed by atoms with Crippen LogP contribution in [0.15, 0.2) is 0 Å². The van der Waals surface area contributed by atoms with Crippen molar-refractivity contribution in [2.24, 2.45) is 17.8 Å². The van der Waals surface area contributed by atoms with E-state index >= 15 is 0 Å². The van der Waals surface area contributed by atoms with Gasteiger partial charge in [-0.25, -0.2) is 0 Å². The predicted molar refractivity (Wildman–Crippen MR) is 84.4 cm³/mol. The first-order valence-corrected chi connectivity index (χ1v) is 8.99. The molecular weight excluding hydrogens is 230 g/mol. The van der Waals surface area contributed by atoms with Gasteiger partial charge in [0, 0.05) is 6.04 Å². The lowest BCUT2D eigenvalue weighted by Crippen LogP contribution is -2.35. The zero-order valence-corrected chi connectivity index (χ0v) is 13.3. The molecule has 0 heterocycles. The molecule has 2 unspecified atom stereocenters. The Morgan fingerprint density at radius 3 is 2.42 bits per heavy atom. The van der Waals surface area contributed by atoms with Crippen LogP contribution < -0.4 is 5.32 Å². The van der Waals surface area contributed by atoms with Gasteiger partial charge in [-0.15, -0.1) is 0 Å². The molecule has 0 saturated heterocycles. The first-order valence-electron chi connectivity index (χ1n) is 8.99. The molecule has 0 aromatic carbocycles. The smallest absolute Gasteiger partial charge is 0.00698 e. The number of nitrogens with one attached hydrogen (secondary N) is 1. The van der Waals surface area contributed by atoms with Gasteiger partial charge in [0.25, 0.3) is 0 Å². The van der Waals surface area contributed by atoms with Crippen molar-refractivity contribution < 1.29 is 0 Å². The molecule has 2 saturated carbocycles. The van der Waals surface area contributed by atoms with Crippen LogP contribution in [0.4, 0.5) is 0 Å². The molecule has 0 bridgehead atoms. The van der Waals surface area contributed by atoms with Gasteiger partial charge in [0.15, 0.2) is 0 Å². The van der Waals surface area contributed by atoms with Gasteiger partial charge in [-0.2, -0.15) is 0 Å². The summed E-state index contributed by atoms with van der Waals surface area (Å²) in [6.07, 6.45) is 16.1. The quantitative estimate of drug-likeness (QED) is 0.568. The van der Waals surface area contributed by atoms with Gasteiger partial charge >= 0.3 is 0 Å². The molecule has 0 spiro atoms. The van der Waals surface area contributed by atoms with Crippen molar-refractivity contribution in [3.63, 3.8) is 0 Å². The lowest BCUT2D eigenvalue weighted by atomic mass is 9.82. The molecule has 0 aromatic heterocycles. The average molecular weight is 265 g/mol. The maximum Gasteiger partial charge on any atom is 0.00698 e. The second-order valence-electron chi connectivity index (χ2n) is 7.51. The highest BCUT2D eigenvalue weighted by Crippen LogP contribution is 2.43. The van der Waals surface area contributed by atoms with Crippen molar-refractivity contribution in [2.45, 2.75) is 90.5 Å². The van der Waals surface area contributed by atoms with E-state index in [1.807, 2.05) is 0 Å². The summed E-state index contributed by atoms with van der Waals surface area (Å²) >= 11 is 0. The standard InChI is InChI=1S/C18H35N/c1-15(2)8-5-3-4-6-13-19-18-10-7-9-17(14-18)16-11-12-16/h15-19H,3-14H2,1-2H3. The fourth-order valence-corrected chi connectivity index (χ4v) is 3.75.